The Bertz CT molecular complexity index is 308. The van der Waals surface area contributed by atoms with Crippen molar-refractivity contribution in [1.82, 2.24) is 4.98 Å². The van der Waals surface area contributed by atoms with E-state index in [0.29, 0.717) is 11.8 Å². The quantitative estimate of drug-likeness (QED) is 0.713. The molecule has 2 heteroatoms. The Labute approximate surface area is 84.7 Å². The Kier molecular flexibility index (Phi) is 2.07. The minimum Gasteiger partial charge on any atom is -0.445 e. The summed E-state index contributed by atoms with van der Waals surface area (Å²) >= 11 is 0. The van der Waals surface area contributed by atoms with Crippen LogP contribution in [0.15, 0.2) is 10.6 Å². The molecule has 2 aliphatic rings. The van der Waals surface area contributed by atoms with Crippen LogP contribution in [0.4, 0.5) is 0 Å². The predicted octanol–water partition coefficient (Wildman–Crippen LogP) is 3.60. The smallest absolute Gasteiger partial charge is 0.197 e. The van der Waals surface area contributed by atoms with Crippen molar-refractivity contribution in [2.24, 2.45) is 0 Å². The van der Waals surface area contributed by atoms with Gasteiger partial charge in [-0.1, -0.05) is 19.3 Å². The van der Waals surface area contributed by atoms with Crippen LogP contribution in [0.25, 0.3) is 0 Å². The second kappa shape index (κ2) is 3.41. The number of hydrogen-bond acceptors (Lipinski definition) is 2. The SMILES string of the molecule is c1nc(C2CCCCC2)oc1C1CC1. The summed E-state index contributed by atoms with van der Waals surface area (Å²) in [6, 6.07) is 0. The summed E-state index contributed by atoms with van der Waals surface area (Å²) in [6.45, 7) is 0. The van der Waals surface area contributed by atoms with E-state index in [-0.39, 0.29) is 0 Å². The van der Waals surface area contributed by atoms with Gasteiger partial charge in [0, 0.05) is 11.8 Å². The number of rotatable bonds is 2. The molecule has 0 N–H and O–H groups in total. The molecule has 1 heterocycles. The minimum atomic E-state index is 0.622. The number of aromatic nitrogens is 1. The van der Waals surface area contributed by atoms with Crippen LogP contribution in [-0.2, 0) is 0 Å². The van der Waals surface area contributed by atoms with E-state index in [2.05, 4.69) is 4.98 Å². The fraction of sp³-hybridized carbons (Fsp3) is 0.750. The zero-order valence-corrected chi connectivity index (χ0v) is 8.54. The highest BCUT2D eigenvalue weighted by Crippen LogP contribution is 2.41. The zero-order chi connectivity index (χ0) is 9.38. The van der Waals surface area contributed by atoms with E-state index in [1.54, 1.807) is 0 Å². The molecule has 14 heavy (non-hydrogen) atoms. The van der Waals surface area contributed by atoms with Gasteiger partial charge >= 0.3 is 0 Å². The van der Waals surface area contributed by atoms with Crippen LogP contribution < -0.4 is 0 Å². The molecule has 1 aromatic heterocycles. The molecule has 0 bridgehead atoms. The highest BCUT2D eigenvalue weighted by molar-refractivity contribution is 5.10. The average Bonchev–Trinajstić information content (AvgIpc) is 2.98. The maximum atomic E-state index is 5.84. The predicted molar refractivity (Wildman–Crippen MR) is 54.3 cm³/mol. The Balaban J connectivity index is 1.74. The van der Waals surface area contributed by atoms with E-state index in [1.807, 2.05) is 6.20 Å². The highest BCUT2D eigenvalue weighted by Gasteiger charge is 2.29. The fourth-order valence-electron chi connectivity index (χ4n) is 2.40. The molecule has 0 atom stereocenters. The molecule has 0 aliphatic heterocycles. The van der Waals surface area contributed by atoms with E-state index in [4.69, 9.17) is 4.42 Å². The van der Waals surface area contributed by atoms with Crippen LogP contribution >= 0.6 is 0 Å². The standard InChI is InChI=1S/C12H17NO/c1-2-4-10(5-3-1)12-13-8-11(14-12)9-6-7-9/h8-10H,1-7H2. The maximum Gasteiger partial charge on any atom is 0.197 e. The second-order valence-corrected chi connectivity index (χ2v) is 4.71. The van der Waals surface area contributed by atoms with E-state index >= 15 is 0 Å². The first kappa shape index (κ1) is 8.51. The van der Waals surface area contributed by atoms with Crippen LogP contribution in [0.5, 0.6) is 0 Å². The first-order valence-corrected chi connectivity index (χ1v) is 5.89. The van der Waals surface area contributed by atoms with Crippen LogP contribution in [0.1, 0.15) is 68.4 Å². The van der Waals surface area contributed by atoms with Gasteiger partial charge in [0.15, 0.2) is 5.89 Å². The van der Waals surface area contributed by atoms with E-state index < -0.39 is 0 Å². The number of hydrogen-bond donors (Lipinski definition) is 0. The molecule has 2 saturated carbocycles. The van der Waals surface area contributed by atoms with Crippen molar-refractivity contribution in [1.29, 1.82) is 0 Å². The molecule has 0 spiro atoms. The molecular formula is C12H17NO. The Morgan fingerprint density at radius 2 is 1.79 bits per heavy atom. The lowest BCUT2D eigenvalue weighted by molar-refractivity contribution is 0.352. The van der Waals surface area contributed by atoms with Crippen molar-refractivity contribution in [2.75, 3.05) is 0 Å². The first-order valence-electron chi connectivity index (χ1n) is 5.89. The Hall–Kier alpha value is -0.790. The van der Waals surface area contributed by atoms with Gasteiger partial charge in [0.25, 0.3) is 0 Å². The summed E-state index contributed by atoms with van der Waals surface area (Å²) in [5, 5.41) is 0. The second-order valence-electron chi connectivity index (χ2n) is 4.71. The van der Waals surface area contributed by atoms with Gasteiger partial charge in [0.1, 0.15) is 5.76 Å². The third kappa shape index (κ3) is 1.58. The topological polar surface area (TPSA) is 26.0 Å². The Morgan fingerprint density at radius 1 is 1.00 bits per heavy atom. The van der Waals surface area contributed by atoms with E-state index in [1.165, 1.54) is 44.9 Å². The van der Waals surface area contributed by atoms with Gasteiger partial charge in [0.05, 0.1) is 6.20 Å². The van der Waals surface area contributed by atoms with Crippen LogP contribution in [0, 0.1) is 0 Å². The van der Waals surface area contributed by atoms with Crippen LogP contribution in [-0.4, -0.2) is 4.98 Å². The number of nitrogens with zero attached hydrogens (tertiary/aromatic N) is 1. The minimum absolute atomic E-state index is 0.622. The normalized spacial score (nSPS) is 24.0. The summed E-state index contributed by atoms with van der Waals surface area (Å²) in [5.41, 5.74) is 0. The molecule has 0 amide bonds. The van der Waals surface area contributed by atoms with Gasteiger partial charge in [-0.3, -0.25) is 0 Å². The third-order valence-electron chi connectivity index (χ3n) is 3.48. The molecular weight excluding hydrogens is 174 g/mol. The monoisotopic (exact) mass is 191 g/mol. The van der Waals surface area contributed by atoms with Gasteiger partial charge in [-0.2, -0.15) is 0 Å². The largest absolute Gasteiger partial charge is 0.445 e. The molecule has 3 rings (SSSR count). The van der Waals surface area contributed by atoms with Gasteiger partial charge in [-0.25, -0.2) is 4.98 Å². The first-order chi connectivity index (χ1) is 6.93. The molecule has 0 saturated heterocycles. The van der Waals surface area contributed by atoms with Crippen molar-refractivity contribution in [3.8, 4) is 0 Å². The van der Waals surface area contributed by atoms with Gasteiger partial charge in [-0.05, 0) is 25.7 Å². The molecule has 2 fully saturated rings. The highest BCUT2D eigenvalue weighted by atomic mass is 16.4. The lowest BCUT2D eigenvalue weighted by atomic mass is 9.89. The van der Waals surface area contributed by atoms with E-state index in [0.717, 1.165) is 11.7 Å². The summed E-state index contributed by atoms with van der Waals surface area (Å²) in [5.74, 6) is 3.49. The lowest BCUT2D eigenvalue weighted by Crippen LogP contribution is -2.04. The lowest BCUT2D eigenvalue weighted by Gasteiger charge is -2.17. The molecule has 2 aliphatic carbocycles. The van der Waals surface area contributed by atoms with Crippen LogP contribution in [0.3, 0.4) is 0 Å². The van der Waals surface area contributed by atoms with Crippen molar-refractivity contribution in [3.63, 3.8) is 0 Å². The van der Waals surface area contributed by atoms with Crippen molar-refractivity contribution in [3.05, 3.63) is 17.8 Å². The molecule has 0 aromatic carbocycles. The molecule has 76 valence electrons. The van der Waals surface area contributed by atoms with E-state index in [9.17, 15) is 0 Å². The third-order valence-corrected chi connectivity index (χ3v) is 3.48. The molecule has 2 nitrogen and oxygen atoms in total. The maximum absolute atomic E-state index is 5.84. The summed E-state index contributed by atoms with van der Waals surface area (Å²) in [7, 11) is 0. The summed E-state index contributed by atoms with van der Waals surface area (Å²) in [4.78, 5) is 4.43. The van der Waals surface area contributed by atoms with Gasteiger partial charge in [-0.15, -0.1) is 0 Å². The van der Waals surface area contributed by atoms with Crippen molar-refractivity contribution < 1.29 is 4.42 Å². The van der Waals surface area contributed by atoms with Gasteiger partial charge < -0.3 is 4.42 Å². The molecule has 0 radical (unpaired) electrons. The molecule has 1 aromatic rings. The van der Waals surface area contributed by atoms with Gasteiger partial charge in [0.2, 0.25) is 0 Å². The average molecular weight is 191 g/mol. The van der Waals surface area contributed by atoms with Crippen LogP contribution in [0.2, 0.25) is 0 Å². The zero-order valence-electron chi connectivity index (χ0n) is 8.54. The number of oxazole rings is 1. The molecule has 0 unspecified atom stereocenters. The Morgan fingerprint density at radius 3 is 2.50 bits per heavy atom. The summed E-state index contributed by atoms with van der Waals surface area (Å²) < 4.78 is 5.84. The summed E-state index contributed by atoms with van der Waals surface area (Å²) in [6.07, 6.45) is 11.2. The van der Waals surface area contributed by atoms with Crippen molar-refractivity contribution in [2.45, 2.75) is 56.8 Å². The van der Waals surface area contributed by atoms with Crippen molar-refractivity contribution >= 4 is 0 Å². The fourth-order valence-corrected chi connectivity index (χ4v) is 2.40.